The van der Waals surface area contributed by atoms with Crippen LogP contribution in [0.4, 0.5) is 0 Å². The third-order valence-electron chi connectivity index (χ3n) is 1.79. The summed E-state index contributed by atoms with van der Waals surface area (Å²) >= 11 is 0. The van der Waals surface area contributed by atoms with Gasteiger partial charge < -0.3 is 4.74 Å². The molecule has 0 aromatic carbocycles. The first-order chi connectivity index (χ1) is 5.91. The van der Waals surface area contributed by atoms with E-state index in [9.17, 15) is 0 Å². The summed E-state index contributed by atoms with van der Waals surface area (Å²) in [6.07, 6.45) is 11.5. The lowest BCUT2D eigenvalue weighted by atomic mass is 10.2. The minimum atomic E-state index is 0.889. The number of allylic oxidation sites excluding steroid dienone is 1. The smallest absolute Gasteiger partial charge is 0.0873 e. The average Bonchev–Trinajstić information content (AvgIpc) is 2.10. The summed E-state index contributed by atoms with van der Waals surface area (Å²) in [5.74, 6) is 0. The van der Waals surface area contributed by atoms with Gasteiger partial charge >= 0.3 is 0 Å². The summed E-state index contributed by atoms with van der Waals surface area (Å²) < 4.78 is 5.27. The Labute approximate surface area is 76.8 Å². The van der Waals surface area contributed by atoms with E-state index in [0.717, 1.165) is 13.0 Å². The van der Waals surface area contributed by atoms with Gasteiger partial charge in [0.1, 0.15) is 0 Å². The van der Waals surface area contributed by atoms with Gasteiger partial charge in [0.25, 0.3) is 0 Å². The van der Waals surface area contributed by atoms with Crippen LogP contribution in [0.2, 0.25) is 0 Å². The second-order valence-corrected chi connectivity index (χ2v) is 3.07. The van der Waals surface area contributed by atoms with E-state index in [1.54, 1.807) is 0 Å². The molecule has 72 valence electrons. The standard InChI is InChI=1S/C11H22O/c1-3-5-7-8-9-11-12-10-6-4-2/h6,10H,3-5,7-9,11H2,1-2H3/b10-6-. The van der Waals surface area contributed by atoms with E-state index in [2.05, 4.69) is 13.8 Å². The maximum Gasteiger partial charge on any atom is 0.0873 e. The van der Waals surface area contributed by atoms with Crippen LogP contribution in [0.1, 0.15) is 52.4 Å². The fraction of sp³-hybridized carbons (Fsp3) is 0.818. The first-order valence-corrected chi connectivity index (χ1v) is 5.18. The zero-order valence-electron chi connectivity index (χ0n) is 8.51. The van der Waals surface area contributed by atoms with Crippen molar-refractivity contribution in [3.05, 3.63) is 12.3 Å². The molecule has 0 saturated carbocycles. The van der Waals surface area contributed by atoms with Crippen LogP contribution in [0, 0.1) is 0 Å². The molecule has 0 spiro atoms. The Balaban J connectivity index is 2.86. The predicted octanol–water partition coefficient (Wildman–Crippen LogP) is 3.90. The van der Waals surface area contributed by atoms with Crippen molar-refractivity contribution in [1.82, 2.24) is 0 Å². The Morgan fingerprint density at radius 1 is 1.00 bits per heavy atom. The Kier molecular flexibility index (Phi) is 10.1. The zero-order valence-corrected chi connectivity index (χ0v) is 8.51. The summed E-state index contributed by atoms with van der Waals surface area (Å²) in [5.41, 5.74) is 0. The number of hydrogen-bond acceptors (Lipinski definition) is 1. The predicted molar refractivity (Wildman–Crippen MR) is 54.1 cm³/mol. The number of hydrogen-bond donors (Lipinski definition) is 0. The van der Waals surface area contributed by atoms with Gasteiger partial charge in [0.15, 0.2) is 0 Å². The summed E-state index contributed by atoms with van der Waals surface area (Å²) in [7, 11) is 0. The molecule has 0 aliphatic carbocycles. The van der Waals surface area contributed by atoms with Crippen LogP contribution in [0.5, 0.6) is 0 Å². The quantitative estimate of drug-likeness (QED) is 0.396. The molecule has 0 aromatic rings. The van der Waals surface area contributed by atoms with E-state index in [1.165, 1.54) is 32.1 Å². The summed E-state index contributed by atoms with van der Waals surface area (Å²) in [6.45, 7) is 5.24. The highest BCUT2D eigenvalue weighted by atomic mass is 16.5. The van der Waals surface area contributed by atoms with E-state index < -0.39 is 0 Å². The van der Waals surface area contributed by atoms with Crippen LogP contribution in [0.15, 0.2) is 12.3 Å². The van der Waals surface area contributed by atoms with Crippen molar-refractivity contribution in [3.63, 3.8) is 0 Å². The van der Waals surface area contributed by atoms with Gasteiger partial charge in [-0.1, -0.05) is 45.6 Å². The molecule has 0 radical (unpaired) electrons. The fourth-order valence-electron chi connectivity index (χ4n) is 1.02. The van der Waals surface area contributed by atoms with E-state index in [1.807, 2.05) is 12.3 Å². The highest BCUT2D eigenvalue weighted by molar-refractivity contribution is 4.70. The minimum Gasteiger partial charge on any atom is -0.502 e. The molecule has 1 nitrogen and oxygen atoms in total. The molecular formula is C11H22O. The molecule has 0 atom stereocenters. The zero-order chi connectivity index (χ0) is 9.07. The topological polar surface area (TPSA) is 9.23 Å². The molecule has 0 aliphatic heterocycles. The Bertz CT molecular complexity index is 97.2. The van der Waals surface area contributed by atoms with Crippen molar-refractivity contribution >= 4 is 0 Å². The van der Waals surface area contributed by atoms with Gasteiger partial charge in [-0.25, -0.2) is 0 Å². The van der Waals surface area contributed by atoms with Crippen molar-refractivity contribution < 1.29 is 4.74 Å². The molecular weight excluding hydrogens is 148 g/mol. The molecule has 0 unspecified atom stereocenters. The number of ether oxygens (including phenoxy) is 1. The molecule has 12 heavy (non-hydrogen) atoms. The molecule has 0 fully saturated rings. The first-order valence-electron chi connectivity index (χ1n) is 5.18. The van der Waals surface area contributed by atoms with Crippen LogP contribution in [-0.4, -0.2) is 6.61 Å². The highest BCUT2D eigenvalue weighted by Crippen LogP contribution is 2.02. The lowest BCUT2D eigenvalue weighted by Gasteiger charge is -1.99. The summed E-state index contributed by atoms with van der Waals surface area (Å²) in [4.78, 5) is 0. The van der Waals surface area contributed by atoms with Crippen LogP contribution in [0.3, 0.4) is 0 Å². The summed E-state index contributed by atoms with van der Waals surface area (Å²) in [5, 5.41) is 0. The van der Waals surface area contributed by atoms with Crippen molar-refractivity contribution in [3.8, 4) is 0 Å². The Morgan fingerprint density at radius 3 is 2.42 bits per heavy atom. The first kappa shape index (κ1) is 11.5. The van der Waals surface area contributed by atoms with Gasteiger partial charge in [0.2, 0.25) is 0 Å². The lowest BCUT2D eigenvalue weighted by molar-refractivity contribution is 0.239. The number of unbranched alkanes of at least 4 members (excludes halogenated alkanes) is 4. The van der Waals surface area contributed by atoms with Gasteiger partial charge in [-0.15, -0.1) is 0 Å². The largest absolute Gasteiger partial charge is 0.502 e. The third-order valence-corrected chi connectivity index (χ3v) is 1.79. The van der Waals surface area contributed by atoms with Crippen molar-refractivity contribution in [1.29, 1.82) is 0 Å². The van der Waals surface area contributed by atoms with E-state index >= 15 is 0 Å². The maximum absolute atomic E-state index is 5.27. The molecule has 0 bridgehead atoms. The van der Waals surface area contributed by atoms with Crippen molar-refractivity contribution in [2.24, 2.45) is 0 Å². The summed E-state index contributed by atoms with van der Waals surface area (Å²) in [6, 6.07) is 0. The van der Waals surface area contributed by atoms with Gasteiger partial charge in [0.05, 0.1) is 12.9 Å². The van der Waals surface area contributed by atoms with Gasteiger partial charge in [-0.3, -0.25) is 0 Å². The number of rotatable bonds is 8. The van der Waals surface area contributed by atoms with Crippen LogP contribution < -0.4 is 0 Å². The molecule has 0 aliphatic rings. The van der Waals surface area contributed by atoms with E-state index in [-0.39, 0.29) is 0 Å². The molecule has 0 saturated heterocycles. The monoisotopic (exact) mass is 170 g/mol. The van der Waals surface area contributed by atoms with Crippen molar-refractivity contribution in [2.75, 3.05) is 6.61 Å². The van der Waals surface area contributed by atoms with E-state index in [0.29, 0.717) is 0 Å². The third kappa shape index (κ3) is 9.54. The van der Waals surface area contributed by atoms with Crippen LogP contribution in [0.25, 0.3) is 0 Å². The van der Waals surface area contributed by atoms with Gasteiger partial charge in [0, 0.05) is 0 Å². The van der Waals surface area contributed by atoms with Gasteiger partial charge in [-0.2, -0.15) is 0 Å². The Morgan fingerprint density at radius 2 is 1.75 bits per heavy atom. The lowest BCUT2D eigenvalue weighted by Crippen LogP contribution is -1.87. The fourth-order valence-corrected chi connectivity index (χ4v) is 1.02. The molecule has 0 amide bonds. The molecule has 0 rings (SSSR count). The van der Waals surface area contributed by atoms with Gasteiger partial charge in [-0.05, 0) is 12.8 Å². The van der Waals surface area contributed by atoms with Crippen molar-refractivity contribution in [2.45, 2.75) is 52.4 Å². The van der Waals surface area contributed by atoms with Crippen LogP contribution in [-0.2, 0) is 4.74 Å². The molecule has 0 heterocycles. The molecule has 1 heteroatoms. The SMILES string of the molecule is CC/C=C\OCCCCCCC. The minimum absolute atomic E-state index is 0.889. The molecule has 0 aromatic heterocycles. The maximum atomic E-state index is 5.27. The normalized spacial score (nSPS) is 10.8. The average molecular weight is 170 g/mol. The van der Waals surface area contributed by atoms with E-state index in [4.69, 9.17) is 4.74 Å². The van der Waals surface area contributed by atoms with Crippen LogP contribution >= 0.6 is 0 Å². The second kappa shape index (κ2) is 10.5. The second-order valence-electron chi connectivity index (χ2n) is 3.07. The highest BCUT2D eigenvalue weighted by Gasteiger charge is 1.87. The molecule has 0 N–H and O–H groups in total. The Hall–Kier alpha value is -0.460.